The molecule has 0 radical (unpaired) electrons. The molecule has 0 fully saturated rings. The predicted octanol–water partition coefficient (Wildman–Crippen LogP) is 2.55. The zero-order chi connectivity index (χ0) is 14.4. The molecule has 0 saturated carbocycles. The van der Waals surface area contributed by atoms with Gasteiger partial charge in [0.15, 0.2) is 5.75 Å². The fourth-order valence-electron chi connectivity index (χ4n) is 1.80. The summed E-state index contributed by atoms with van der Waals surface area (Å²) in [5.74, 6) is 0.776. The van der Waals surface area contributed by atoms with E-state index in [0.717, 1.165) is 30.2 Å². The number of nitrogens with one attached hydrogen (secondary N) is 1. The maximum atomic E-state index is 5.72. The van der Waals surface area contributed by atoms with Crippen LogP contribution >= 0.6 is 0 Å². The third-order valence-corrected chi connectivity index (χ3v) is 2.91. The summed E-state index contributed by atoms with van der Waals surface area (Å²) >= 11 is 0. The Kier molecular flexibility index (Phi) is 5.12. The van der Waals surface area contributed by atoms with E-state index in [-0.39, 0.29) is 0 Å². The largest absolute Gasteiger partial charge is 0.484 e. The van der Waals surface area contributed by atoms with Gasteiger partial charge in [0.2, 0.25) is 0 Å². The molecule has 0 bridgehead atoms. The Morgan fingerprint density at radius 3 is 2.80 bits per heavy atom. The van der Waals surface area contributed by atoms with Gasteiger partial charge in [-0.25, -0.2) is 0 Å². The Bertz CT molecular complexity index is 536. The number of hydrogen-bond acceptors (Lipinski definition) is 4. The van der Waals surface area contributed by atoms with Crippen LogP contribution < -0.4 is 10.1 Å². The number of pyridine rings is 1. The molecular formula is C15H22N4O. The van der Waals surface area contributed by atoms with E-state index in [0.29, 0.717) is 12.6 Å². The van der Waals surface area contributed by atoms with Crippen LogP contribution in [-0.2, 0) is 13.2 Å². The molecule has 5 heteroatoms. The first-order valence-electron chi connectivity index (χ1n) is 7.01. The Morgan fingerprint density at radius 2 is 2.10 bits per heavy atom. The van der Waals surface area contributed by atoms with Crippen molar-refractivity contribution in [3.63, 3.8) is 0 Å². The topological polar surface area (TPSA) is 52.0 Å². The summed E-state index contributed by atoms with van der Waals surface area (Å²) in [5.41, 5.74) is 1.96. The molecule has 2 aromatic rings. The highest BCUT2D eigenvalue weighted by atomic mass is 16.5. The fourth-order valence-corrected chi connectivity index (χ4v) is 1.80. The number of aromatic nitrogens is 3. The van der Waals surface area contributed by atoms with Crippen LogP contribution in [0, 0.1) is 0 Å². The highest BCUT2D eigenvalue weighted by molar-refractivity contribution is 5.15. The highest BCUT2D eigenvalue weighted by Gasteiger charge is 2.04. The van der Waals surface area contributed by atoms with Crippen LogP contribution in [0.15, 0.2) is 30.6 Å². The summed E-state index contributed by atoms with van der Waals surface area (Å²) < 4.78 is 7.60. The molecule has 1 N–H and O–H groups in total. The smallest absolute Gasteiger partial charge is 0.157 e. The van der Waals surface area contributed by atoms with Gasteiger partial charge >= 0.3 is 0 Å². The molecule has 0 atom stereocenters. The van der Waals surface area contributed by atoms with Crippen molar-refractivity contribution in [1.82, 2.24) is 20.1 Å². The molecule has 2 aromatic heterocycles. The average Bonchev–Trinajstić information content (AvgIpc) is 2.92. The summed E-state index contributed by atoms with van der Waals surface area (Å²) in [4.78, 5) is 4.55. The Morgan fingerprint density at radius 1 is 1.30 bits per heavy atom. The van der Waals surface area contributed by atoms with E-state index in [9.17, 15) is 0 Å². The molecule has 0 amide bonds. The van der Waals surface area contributed by atoms with Crippen molar-refractivity contribution in [2.45, 2.75) is 40.0 Å². The van der Waals surface area contributed by atoms with E-state index in [1.54, 1.807) is 6.20 Å². The molecular weight excluding hydrogens is 252 g/mol. The third-order valence-electron chi connectivity index (χ3n) is 2.91. The van der Waals surface area contributed by atoms with Gasteiger partial charge in [-0.3, -0.25) is 9.67 Å². The molecule has 5 nitrogen and oxygen atoms in total. The van der Waals surface area contributed by atoms with Crippen molar-refractivity contribution >= 4 is 0 Å². The second-order valence-electron chi connectivity index (χ2n) is 4.94. The van der Waals surface area contributed by atoms with Gasteiger partial charge in [0.1, 0.15) is 6.61 Å². The number of nitrogens with zero attached hydrogens (tertiary/aromatic N) is 3. The minimum atomic E-state index is 0.342. The zero-order valence-electron chi connectivity index (χ0n) is 12.3. The van der Waals surface area contributed by atoms with Crippen LogP contribution in [0.5, 0.6) is 5.75 Å². The summed E-state index contributed by atoms with van der Waals surface area (Å²) in [5, 5.41) is 7.51. The van der Waals surface area contributed by atoms with Crippen LogP contribution in [0.4, 0.5) is 0 Å². The molecule has 0 aliphatic rings. The summed E-state index contributed by atoms with van der Waals surface area (Å²) in [6, 6.07) is 6.34. The second kappa shape index (κ2) is 7.05. The lowest BCUT2D eigenvalue weighted by Crippen LogP contribution is -2.13. The van der Waals surface area contributed by atoms with Crippen LogP contribution in [-0.4, -0.2) is 21.3 Å². The van der Waals surface area contributed by atoms with Gasteiger partial charge in [-0.15, -0.1) is 0 Å². The van der Waals surface area contributed by atoms with E-state index in [2.05, 4.69) is 36.2 Å². The van der Waals surface area contributed by atoms with Gasteiger partial charge in [0.05, 0.1) is 23.8 Å². The molecule has 0 aliphatic carbocycles. The van der Waals surface area contributed by atoms with Gasteiger partial charge in [-0.1, -0.05) is 13.0 Å². The van der Waals surface area contributed by atoms with Crippen molar-refractivity contribution < 1.29 is 4.74 Å². The standard InChI is InChI=1S/C15H22N4O/c1-4-16-8-13-6-5-7-14(18-13)11-20-15-9-17-19(10-15)12(2)3/h5-7,9-10,12,16H,4,8,11H2,1-3H3. The van der Waals surface area contributed by atoms with E-state index in [1.165, 1.54) is 0 Å². The molecule has 0 saturated heterocycles. The van der Waals surface area contributed by atoms with Crippen molar-refractivity contribution in [2.75, 3.05) is 6.54 Å². The van der Waals surface area contributed by atoms with Crippen LogP contribution in [0.2, 0.25) is 0 Å². The van der Waals surface area contributed by atoms with Gasteiger partial charge in [-0.05, 0) is 32.5 Å². The normalized spacial score (nSPS) is 11.0. The summed E-state index contributed by atoms with van der Waals surface area (Å²) in [7, 11) is 0. The minimum absolute atomic E-state index is 0.342. The van der Waals surface area contributed by atoms with Gasteiger partial charge in [-0.2, -0.15) is 5.10 Å². The van der Waals surface area contributed by atoms with Gasteiger partial charge in [0.25, 0.3) is 0 Å². The fraction of sp³-hybridized carbons (Fsp3) is 0.467. The van der Waals surface area contributed by atoms with E-state index in [4.69, 9.17) is 4.74 Å². The Labute approximate surface area is 120 Å². The molecule has 108 valence electrons. The van der Waals surface area contributed by atoms with E-state index < -0.39 is 0 Å². The van der Waals surface area contributed by atoms with E-state index in [1.807, 2.05) is 29.1 Å². The molecule has 2 heterocycles. The Hall–Kier alpha value is -1.88. The maximum Gasteiger partial charge on any atom is 0.157 e. The maximum absolute atomic E-state index is 5.72. The van der Waals surface area contributed by atoms with Crippen molar-refractivity contribution in [3.8, 4) is 5.75 Å². The van der Waals surface area contributed by atoms with Gasteiger partial charge < -0.3 is 10.1 Å². The van der Waals surface area contributed by atoms with Crippen LogP contribution in [0.1, 0.15) is 38.2 Å². The first kappa shape index (κ1) is 14.5. The van der Waals surface area contributed by atoms with Crippen molar-refractivity contribution in [3.05, 3.63) is 42.0 Å². The minimum Gasteiger partial charge on any atom is -0.484 e. The summed E-state index contributed by atoms with van der Waals surface area (Å²) in [6.07, 6.45) is 3.65. The highest BCUT2D eigenvalue weighted by Crippen LogP contribution is 2.14. The molecule has 0 unspecified atom stereocenters. The van der Waals surface area contributed by atoms with Crippen LogP contribution in [0.3, 0.4) is 0 Å². The molecule has 20 heavy (non-hydrogen) atoms. The SMILES string of the molecule is CCNCc1cccc(COc2cnn(C(C)C)c2)n1. The first-order valence-corrected chi connectivity index (χ1v) is 7.01. The Balaban J connectivity index is 1.92. The van der Waals surface area contributed by atoms with Crippen molar-refractivity contribution in [2.24, 2.45) is 0 Å². The monoisotopic (exact) mass is 274 g/mol. The second-order valence-corrected chi connectivity index (χ2v) is 4.94. The van der Waals surface area contributed by atoms with Crippen molar-refractivity contribution in [1.29, 1.82) is 0 Å². The third kappa shape index (κ3) is 4.06. The number of ether oxygens (including phenoxy) is 1. The first-order chi connectivity index (χ1) is 9.69. The lowest BCUT2D eigenvalue weighted by atomic mass is 10.3. The molecule has 0 aromatic carbocycles. The number of hydrogen-bond donors (Lipinski definition) is 1. The molecule has 0 aliphatic heterocycles. The lowest BCUT2D eigenvalue weighted by molar-refractivity contribution is 0.300. The van der Waals surface area contributed by atoms with Gasteiger partial charge in [0, 0.05) is 12.6 Å². The molecule has 0 spiro atoms. The lowest BCUT2D eigenvalue weighted by Gasteiger charge is -2.06. The van der Waals surface area contributed by atoms with E-state index >= 15 is 0 Å². The quantitative estimate of drug-likeness (QED) is 0.843. The molecule has 2 rings (SSSR count). The number of rotatable bonds is 7. The van der Waals surface area contributed by atoms with Crippen LogP contribution in [0.25, 0.3) is 0 Å². The summed E-state index contributed by atoms with van der Waals surface area (Å²) in [6.45, 7) is 8.45. The average molecular weight is 274 g/mol. The predicted molar refractivity (Wildman–Crippen MR) is 78.6 cm³/mol. The zero-order valence-corrected chi connectivity index (χ0v) is 12.3.